The molecule has 1 aromatic carbocycles. The summed E-state index contributed by atoms with van der Waals surface area (Å²) in [5.74, 6) is 2.11. The number of benzene rings is 1. The van der Waals surface area contributed by atoms with Crippen LogP contribution in [0.1, 0.15) is 17.0 Å². The van der Waals surface area contributed by atoms with Gasteiger partial charge < -0.3 is 15.1 Å². The second-order valence-corrected chi connectivity index (χ2v) is 6.24. The fraction of sp³-hybridized carbons (Fsp3) is 0.471. The molecule has 0 unspecified atom stereocenters. The molecule has 1 aliphatic heterocycles. The van der Waals surface area contributed by atoms with Crippen LogP contribution in [0.2, 0.25) is 0 Å². The first-order valence-corrected chi connectivity index (χ1v) is 8.02. The summed E-state index contributed by atoms with van der Waals surface area (Å²) < 4.78 is 0. The topological polar surface area (TPSA) is 57.2 Å². The molecule has 0 radical (unpaired) electrons. The Hall–Kier alpha value is -2.21. The third-order valence-corrected chi connectivity index (χ3v) is 4.15. The predicted octanol–water partition coefficient (Wildman–Crippen LogP) is 2.29. The number of aromatic nitrogens is 3. The van der Waals surface area contributed by atoms with E-state index in [0.29, 0.717) is 5.95 Å². The molecule has 0 amide bonds. The lowest BCUT2D eigenvalue weighted by atomic mass is 10.1. The first-order valence-electron chi connectivity index (χ1n) is 8.02. The molecule has 2 heterocycles. The molecule has 0 saturated carbocycles. The fourth-order valence-corrected chi connectivity index (χ4v) is 2.75. The van der Waals surface area contributed by atoms with Gasteiger partial charge in [-0.05, 0) is 39.4 Å². The number of nitrogens with zero attached hydrogens (tertiary/aromatic N) is 5. The zero-order valence-electron chi connectivity index (χ0n) is 14.3. The summed E-state index contributed by atoms with van der Waals surface area (Å²) in [6, 6.07) is 6.31. The molecular formula is C17H24N6. The molecule has 3 rings (SSSR count). The van der Waals surface area contributed by atoms with Crippen LogP contribution in [0.5, 0.6) is 0 Å². The zero-order chi connectivity index (χ0) is 16.4. The lowest BCUT2D eigenvalue weighted by molar-refractivity contribution is 0.311. The SMILES string of the molecule is Cc1ccc(Nc2nc(C)nc(N3CCN(C)CC3)n2)c(C)c1. The highest BCUT2D eigenvalue weighted by Crippen LogP contribution is 2.21. The van der Waals surface area contributed by atoms with Crippen molar-refractivity contribution in [3.63, 3.8) is 0 Å². The van der Waals surface area contributed by atoms with Crippen LogP contribution in [0.4, 0.5) is 17.6 Å². The van der Waals surface area contributed by atoms with E-state index in [2.05, 4.69) is 69.2 Å². The van der Waals surface area contributed by atoms with Crippen LogP contribution in [0, 0.1) is 20.8 Å². The van der Waals surface area contributed by atoms with Gasteiger partial charge in [0.15, 0.2) is 0 Å². The van der Waals surface area contributed by atoms with Crippen LogP contribution in [0.25, 0.3) is 0 Å². The highest BCUT2D eigenvalue weighted by molar-refractivity contribution is 5.59. The van der Waals surface area contributed by atoms with Crippen LogP contribution in [0.15, 0.2) is 18.2 Å². The lowest BCUT2D eigenvalue weighted by Gasteiger charge is -2.32. The molecule has 23 heavy (non-hydrogen) atoms. The average molecular weight is 312 g/mol. The summed E-state index contributed by atoms with van der Waals surface area (Å²) in [7, 11) is 2.14. The van der Waals surface area contributed by atoms with E-state index in [9.17, 15) is 0 Å². The van der Waals surface area contributed by atoms with Crippen molar-refractivity contribution in [2.75, 3.05) is 43.4 Å². The van der Waals surface area contributed by atoms with Gasteiger partial charge >= 0.3 is 0 Å². The van der Waals surface area contributed by atoms with Gasteiger partial charge in [0.2, 0.25) is 11.9 Å². The predicted molar refractivity (Wildman–Crippen MR) is 93.5 cm³/mol. The Morgan fingerprint density at radius 3 is 2.39 bits per heavy atom. The van der Waals surface area contributed by atoms with Crippen LogP contribution in [-0.4, -0.2) is 53.1 Å². The molecule has 6 nitrogen and oxygen atoms in total. The van der Waals surface area contributed by atoms with Crippen molar-refractivity contribution in [2.45, 2.75) is 20.8 Å². The monoisotopic (exact) mass is 312 g/mol. The highest BCUT2D eigenvalue weighted by atomic mass is 15.3. The van der Waals surface area contributed by atoms with E-state index in [4.69, 9.17) is 0 Å². The van der Waals surface area contributed by atoms with Gasteiger partial charge in [0.05, 0.1) is 0 Å². The molecule has 1 N–H and O–H groups in total. The van der Waals surface area contributed by atoms with E-state index in [-0.39, 0.29) is 0 Å². The quantitative estimate of drug-likeness (QED) is 0.938. The Bertz CT molecular complexity index is 691. The van der Waals surface area contributed by atoms with E-state index in [1.807, 2.05) is 6.92 Å². The summed E-state index contributed by atoms with van der Waals surface area (Å²) in [4.78, 5) is 18.1. The molecule has 0 bridgehead atoms. The van der Waals surface area contributed by atoms with Crippen LogP contribution in [-0.2, 0) is 0 Å². The summed E-state index contributed by atoms with van der Waals surface area (Å²) in [5.41, 5.74) is 3.47. The number of piperazine rings is 1. The van der Waals surface area contributed by atoms with Crippen molar-refractivity contribution in [3.8, 4) is 0 Å². The molecule has 1 fully saturated rings. The largest absolute Gasteiger partial charge is 0.338 e. The number of rotatable bonds is 3. The van der Waals surface area contributed by atoms with E-state index in [0.717, 1.165) is 43.6 Å². The van der Waals surface area contributed by atoms with E-state index >= 15 is 0 Å². The van der Waals surface area contributed by atoms with Crippen molar-refractivity contribution in [1.82, 2.24) is 19.9 Å². The molecule has 0 atom stereocenters. The van der Waals surface area contributed by atoms with Crippen molar-refractivity contribution in [3.05, 3.63) is 35.2 Å². The number of aryl methyl sites for hydroxylation is 3. The molecule has 1 aliphatic rings. The Balaban J connectivity index is 1.82. The summed E-state index contributed by atoms with van der Waals surface area (Å²) in [5, 5.41) is 3.33. The number of hydrogen-bond acceptors (Lipinski definition) is 6. The van der Waals surface area contributed by atoms with E-state index in [1.54, 1.807) is 0 Å². The first kappa shape index (κ1) is 15.7. The van der Waals surface area contributed by atoms with Gasteiger partial charge in [0.25, 0.3) is 0 Å². The van der Waals surface area contributed by atoms with Gasteiger partial charge in [-0.15, -0.1) is 0 Å². The normalized spacial score (nSPS) is 15.7. The summed E-state index contributed by atoms with van der Waals surface area (Å²) in [6.07, 6.45) is 0. The van der Waals surface area contributed by atoms with Crippen molar-refractivity contribution in [2.24, 2.45) is 0 Å². The molecule has 122 valence electrons. The maximum atomic E-state index is 4.62. The van der Waals surface area contributed by atoms with Gasteiger partial charge in [0, 0.05) is 31.9 Å². The maximum Gasteiger partial charge on any atom is 0.232 e. The number of likely N-dealkylation sites (N-methyl/N-ethyl adjacent to an activating group) is 1. The standard InChI is InChI=1S/C17H24N6/c1-12-5-6-15(13(2)11-12)20-16-18-14(3)19-17(21-16)23-9-7-22(4)8-10-23/h5-6,11H,7-10H2,1-4H3,(H,18,19,20,21). The van der Waals surface area contributed by atoms with Gasteiger partial charge in [-0.2, -0.15) is 15.0 Å². The Labute approximate surface area is 137 Å². The fourth-order valence-electron chi connectivity index (χ4n) is 2.75. The van der Waals surface area contributed by atoms with Crippen LogP contribution >= 0.6 is 0 Å². The number of nitrogens with one attached hydrogen (secondary N) is 1. The van der Waals surface area contributed by atoms with E-state index in [1.165, 1.54) is 11.1 Å². The van der Waals surface area contributed by atoms with Crippen molar-refractivity contribution in [1.29, 1.82) is 0 Å². The summed E-state index contributed by atoms with van der Waals surface area (Å²) >= 11 is 0. The van der Waals surface area contributed by atoms with Gasteiger partial charge in [-0.25, -0.2) is 0 Å². The highest BCUT2D eigenvalue weighted by Gasteiger charge is 2.18. The average Bonchev–Trinajstić information content (AvgIpc) is 2.50. The van der Waals surface area contributed by atoms with Gasteiger partial charge in [-0.3, -0.25) is 0 Å². The van der Waals surface area contributed by atoms with Gasteiger partial charge in [0.1, 0.15) is 5.82 Å². The zero-order valence-corrected chi connectivity index (χ0v) is 14.3. The van der Waals surface area contributed by atoms with Crippen LogP contribution < -0.4 is 10.2 Å². The molecule has 1 saturated heterocycles. The molecule has 0 spiro atoms. The minimum atomic E-state index is 0.610. The Kier molecular flexibility index (Phi) is 4.43. The van der Waals surface area contributed by atoms with Gasteiger partial charge in [-0.1, -0.05) is 17.7 Å². The summed E-state index contributed by atoms with van der Waals surface area (Å²) in [6.45, 7) is 10.1. The van der Waals surface area contributed by atoms with E-state index < -0.39 is 0 Å². The van der Waals surface area contributed by atoms with Crippen LogP contribution in [0.3, 0.4) is 0 Å². The number of hydrogen-bond donors (Lipinski definition) is 1. The third-order valence-electron chi connectivity index (χ3n) is 4.15. The molecular weight excluding hydrogens is 288 g/mol. The van der Waals surface area contributed by atoms with Crippen molar-refractivity contribution >= 4 is 17.6 Å². The molecule has 1 aromatic heterocycles. The smallest absolute Gasteiger partial charge is 0.232 e. The molecule has 2 aromatic rings. The third kappa shape index (κ3) is 3.76. The lowest BCUT2D eigenvalue weighted by Crippen LogP contribution is -2.45. The second-order valence-electron chi connectivity index (χ2n) is 6.24. The first-order chi connectivity index (χ1) is 11.0. The number of anilines is 3. The second kappa shape index (κ2) is 6.50. The minimum Gasteiger partial charge on any atom is -0.338 e. The molecule has 0 aliphatic carbocycles. The Morgan fingerprint density at radius 2 is 1.70 bits per heavy atom. The molecule has 6 heteroatoms. The van der Waals surface area contributed by atoms with Crippen molar-refractivity contribution < 1.29 is 0 Å². The minimum absolute atomic E-state index is 0.610. The maximum absolute atomic E-state index is 4.62. The Morgan fingerprint density at radius 1 is 0.957 bits per heavy atom.